The summed E-state index contributed by atoms with van der Waals surface area (Å²) in [5.41, 5.74) is 16.4. The van der Waals surface area contributed by atoms with E-state index >= 15 is 0 Å². The summed E-state index contributed by atoms with van der Waals surface area (Å²) in [5, 5.41) is 12.0. The van der Waals surface area contributed by atoms with Crippen molar-refractivity contribution in [3.8, 4) is 0 Å². The zero-order valence-electron chi connectivity index (χ0n) is 19.6. The van der Waals surface area contributed by atoms with Crippen LogP contribution in [0, 0.1) is 0 Å². The average Bonchev–Trinajstić information content (AvgIpc) is 2.81. The Kier molecular flexibility index (Phi) is 18.1. The summed E-state index contributed by atoms with van der Waals surface area (Å²) in [6.45, 7) is 7.62. The molecule has 0 aliphatic carbocycles. The third kappa shape index (κ3) is 10.9. The van der Waals surface area contributed by atoms with Gasteiger partial charge in [-0.05, 0) is 37.5 Å². The molecule has 0 aliphatic heterocycles. The van der Waals surface area contributed by atoms with Crippen LogP contribution in [0.2, 0.25) is 0 Å². The SMILES string of the molecule is CC(=[N-])N(C)CCCc1c2ccccc2nc2ccccc12.CCC.[Cl][Pt].[NH-]CCC[NH-]. The molecular formula is C25H36ClN5Pt-3. The molecule has 32 heavy (non-hydrogen) atoms. The van der Waals surface area contributed by atoms with Gasteiger partial charge in [0.2, 0.25) is 0 Å². The number of benzene rings is 2. The predicted molar refractivity (Wildman–Crippen MR) is 139 cm³/mol. The van der Waals surface area contributed by atoms with Crippen molar-refractivity contribution in [1.82, 2.24) is 9.88 Å². The third-order valence-corrected chi connectivity index (χ3v) is 4.53. The molecule has 0 unspecified atom stereocenters. The zero-order chi connectivity index (χ0) is 24.4. The van der Waals surface area contributed by atoms with Gasteiger partial charge in [-0.25, -0.2) is 4.98 Å². The second-order valence-electron chi connectivity index (χ2n) is 7.26. The van der Waals surface area contributed by atoms with Crippen molar-refractivity contribution in [2.75, 3.05) is 26.7 Å². The molecule has 3 rings (SSSR count). The number of hydrogen-bond donors (Lipinski definition) is 0. The summed E-state index contributed by atoms with van der Waals surface area (Å²) in [6, 6.07) is 16.7. The van der Waals surface area contributed by atoms with Crippen LogP contribution in [0.4, 0.5) is 0 Å². The van der Waals surface area contributed by atoms with Gasteiger partial charge in [0.05, 0.1) is 11.0 Å². The predicted octanol–water partition coefficient (Wildman–Crippen LogP) is 7.82. The second kappa shape index (κ2) is 19.0. The number of rotatable bonds is 6. The van der Waals surface area contributed by atoms with Crippen LogP contribution in [-0.2, 0) is 25.2 Å². The maximum absolute atomic E-state index is 9.49. The summed E-state index contributed by atoms with van der Waals surface area (Å²) in [6.07, 6.45) is 3.94. The first-order chi connectivity index (χ1) is 15.5. The molecule has 0 atom stereocenters. The van der Waals surface area contributed by atoms with Crippen LogP contribution in [0.3, 0.4) is 0 Å². The largest absolute Gasteiger partial charge is 0.677 e. The Morgan fingerprint density at radius 1 is 0.938 bits per heavy atom. The Labute approximate surface area is 209 Å². The summed E-state index contributed by atoms with van der Waals surface area (Å²) in [4.78, 5) is 6.64. The number of pyridine rings is 1. The molecular weight excluding hydrogens is 601 g/mol. The normalized spacial score (nSPS) is 9.66. The van der Waals surface area contributed by atoms with Gasteiger partial charge in [0, 0.05) is 10.8 Å². The van der Waals surface area contributed by atoms with Crippen LogP contribution >= 0.6 is 9.42 Å². The number of halogens is 1. The van der Waals surface area contributed by atoms with Gasteiger partial charge < -0.3 is 21.8 Å². The summed E-state index contributed by atoms with van der Waals surface area (Å²) in [7, 11) is 6.53. The van der Waals surface area contributed by atoms with Crippen LogP contribution in [-0.4, -0.2) is 42.4 Å². The first-order valence-electron chi connectivity index (χ1n) is 10.9. The Balaban J connectivity index is 0.000000822. The van der Waals surface area contributed by atoms with Crippen LogP contribution in [0.5, 0.6) is 0 Å². The molecule has 3 aromatic rings. The maximum Gasteiger partial charge on any atom is -0.0916 e. The molecule has 0 fully saturated rings. The summed E-state index contributed by atoms with van der Waals surface area (Å²) >= 11 is 1.61. The number of nitrogens with zero attached hydrogens (tertiary/aromatic N) is 3. The fourth-order valence-corrected chi connectivity index (χ4v) is 2.94. The average molecular weight is 637 g/mol. The van der Waals surface area contributed by atoms with Gasteiger partial charge in [-0.15, -0.1) is 0 Å². The van der Waals surface area contributed by atoms with E-state index in [1.165, 1.54) is 22.8 Å². The van der Waals surface area contributed by atoms with Gasteiger partial charge in [-0.3, -0.25) is 0 Å². The van der Waals surface area contributed by atoms with Crippen molar-refractivity contribution in [2.45, 2.75) is 46.5 Å². The fourth-order valence-electron chi connectivity index (χ4n) is 2.94. The van der Waals surface area contributed by atoms with E-state index in [1.54, 1.807) is 25.7 Å². The molecule has 1 heterocycles. The molecule has 2 N–H and O–H groups in total. The van der Waals surface area contributed by atoms with E-state index in [-0.39, 0.29) is 0 Å². The topological polar surface area (TPSA) is 86.0 Å². The monoisotopic (exact) mass is 636 g/mol. The van der Waals surface area contributed by atoms with E-state index in [2.05, 4.69) is 59.7 Å². The first-order valence-corrected chi connectivity index (χ1v) is 13.7. The van der Waals surface area contributed by atoms with Crippen molar-refractivity contribution in [3.05, 3.63) is 71.0 Å². The van der Waals surface area contributed by atoms with Gasteiger partial charge in [-0.2, -0.15) is 13.1 Å². The van der Waals surface area contributed by atoms with Gasteiger partial charge >= 0.3 is 28.2 Å². The first kappa shape index (κ1) is 30.5. The van der Waals surface area contributed by atoms with Gasteiger partial charge in [0.25, 0.3) is 0 Å². The summed E-state index contributed by atoms with van der Waals surface area (Å²) in [5.74, 6) is 0.365. The number of fused-ring (bicyclic) bond motifs is 2. The number of aryl methyl sites for hydroxylation is 1. The van der Waals surface area contributed by atoms with E-state index in [9.17, 15) is 5.41 Å². The quantitative estimate of drug-likeness (QED) is 0.157. The van der Waals surface area contributed by atoms with Crippen molar-refractivity contribution in [1.29, 1.82) is 0 Å². The molecule has 0 saturated carbocycles. The van der Waals surface area contributed by atoms with E-state index in [4.69, 9.17) is 16.5 Å². The van der Waals surface area contributed by atoms with Crippen molar-refractivity contribution in [3.63, 3.8) is 0 Å². The van der Waals surface area contributed by atoms with Gasteiger partial charge in [0.15, 0.2) is 0 Å². The number of nitrogens with one attached hydrogen (secondary N) is 2. The van der Waals surface area contributed by atoms with Crippen LogP contribution < -0.4 is 0 Å². The Bertz CT molecular complexity index is 848. The van der Waals surface area contributed by atoms with Gasteiger partial charge in [-0.1, -0.05) is 82.5 Å². The molecule has 0 bridgehead atoms. The minimum absolute atomic E-state index is 0.365. The van der Waals surface area contributed by atoms with Crippen LogP contribution in [0.25, 0.3) is 38.7 Å². The Morgan fingerprint density at radius 2 is 1.38 bits per heavy atom. The van der Waals surface area contributed by atoms with E-state index < -0.39 is 0 Å². The van der Waals surface area contributed by atoms with Gasteiger partial charge in [0.1, 0.15) is 0 Å². The van der Waals surface area contributed by atoms with Crippen molar-refractivity contribution in [2.24, 2.45) is 0 Å². The Morgan fingerprint density at radius 3 is 1.75 bits per heavy atom. The minimum Gasteiger partial charge on any atom is -0.677 e. The smallest absolute Gasteiger partial charge is 0.0916 e. The van der Waals surface area contributed by atoms with Crippen molar-refractivity contribution >= 4 is 37.1 Å². The standard InChI is InChI=1S/C19H20N3.C3H8N2.C3H8.ClH.Pt/c1-14(20)22(2)13-7-10-15-16-8-3-5-11-18(16)21-19-12-6-4-9-17(15)19;4-2-1-3-5;1-3-2;;/h3-6,8-9,11-12H,7,10,13H2,1-2H3;4-5H,1-3H2;3H2,1-2H3;1H;/q-1;-2;;;+1/p-1. The maximum atomic E-state index is 9.49. The molecule has 0 saturated heterocycles. The zero-order valence-corrected chi connectivity index (χ0v) is 22.6. The number of aromatic nitrogens is 1. The molecule has 2 aromatic carbocycles. The summed E-state index contributed by atoms with van der Waals surface area (Å²) < 4.78 is 0. The van der Waals surface area contributed by atoms with Crippen LogP contribution in [0.15, 0.2) is 48.5 Å². The molecule has 0 spiro atoms. The fraction of sp³-hybridized carbons (Fsp3) is 0.440. The molecule has 0 radical (unpaired) electrons. The molecule has 0 aliphatic rings. The van der Waals surface area contributed by atoms with E-state index in [0.29, 0.717) is 18.9 Å². The van der Waals surface area contributed by atoms with E-state index in [1.807, 2.05) is 24.1 Å². The van der Waals surface area contributed by atoms with Crippen LogP contribution in [0.1, 0.15) is 45.6 Å². The molecule has 181 valence electrons. The van der Waals surface area contributed by atoms with E-state index in [0.717, 1.165) is 36.8 Å². The Hall–Kier alpha value is -1.52. The number of para-hydroxylation sites is 2. The molecule has 0 amide bonds. The molecule has 7 heteroatoms. The van der Waals surface area contributed by atoms with Crippen molar-refractivity contribution < 1.29 is 18.8 Å². The minimum atomic E-state index is 0.365. The number of hydrogen-bond acceptors (Lipinski definition) is 1. The third-order valence-electron chi connectivity index (χ3n) is 4.53. The molecule has 5 nitrogen and oxygen atoms in total. The second-order valence-corrected chi connectivity index (χ2v) is 7.26. The number of amidine groups is 1. The molecule has 1 aromatic heterocycles.